The van der Waals surface area contributed by atoms with E-state index in [2.05, 4.69) is 22.3 Å². The third-order valence-corrected chi connectivity index (χ3v) is 6.03. The number of alkyl halides is 3. The smallest absolute Gasteiger partial charge is 0.490 e. The summed E-state index contributed by atoms with van der Waals surface area (Å²) in [5.74, 6) is -0.145. The predicted octanol–water partition coefficient (Wildman–Crippen LogP) is 2.69. The summed E-state index contributed by atoms with van der Waals surface area (Å²) in [6.07, 6.45) is -2.17. The molecule has 3 atom stereocenters. The minimum Gasteiger partial charge on any atom is -0.497 e. The Labute approximate surface area is 184 Å². The highest BCUT2D eigenvalue weighted by Crippen LogP contribution is 2.36. The predicted molar refractivity (Wildman–Crippen MR) is 109 cm³/mol. The van der Waals surface area contributed by atoms with E-state index in [0.29, 0.717) is 30.2 Å². The van der Waals surface area contributed by atoms with Gasteiger partial charge < -0.3 is 19.9 Å². The molecule has 3 aliphatic rings. The molecule has 32 heavy (non-hydrogen) atoms. The van der Waals surface area contributed by atoms with Crippen LogP contribution in [0.15, 0.2) is 24.3 Å². The lowest BCUT2D eigenvalue weighted by Crippen LogP contribution is -2.38. The number of carboxylic acids is 1. The highest BCUT2D eigenvalue weighted by Gasteiger charge is 2.42. The molecule has 0 spiro atoms. The lowest BCUT2D eigenvalue weighted by Gasteiger charge is -2.32. The minimum absolute atomic E-state index is 0.213. The molecule has 0 unspecified atom stereocenters. The number of nitrogens with zero attached hydrogens (tertiary/aromatic N) is 1. The van der Waals surface area contributed by atoms with E-state index in [-0.39, 0.29) is 5.91 Å². The van der Waals surface area contributed by atoms with Crippen molar-refractivity contribution in [1.82, 2.24) is 10.2 Å². The lowest BCUT2D eigenvalue weighted by molar-refractivity contribution is -0.192. The molecule has 1 amide bonds. The maximum Gasteiger partial charge on any atom is 0.490 e. The Balaban J connectivity index is 0.000000360. The van der Waals surface area contributed by atoms with Gasteiger partial charge in [-0.05, 0) is 48.3 Å². The Morgan fingerprint density at radius 2 is 1.84 bits per heavy atom. The highest BCUT2D eigenvalue weighted by molar-refractivity contribution is 5.76. The number of carbonyl (C=O) groups is 2. The van der Waals surface area contributed by atoms with E-state index >= 15 is 0 Å². The summed E-state index contributed by atoms with van der Waals surface area (Å²) in [7, 11) is 1.69. The molecule has 2 saturated heterocycles. The van der Waals surface area contributed by atoms with Crippen LogP contribution in [-0.4, -0.2) is 67.5 Å². The molecule has 2 N–H and O–H groups in total. The fourth-order valence-electron chi connectivity index (χ4n) is 4.27. The van der Waals surface area contributed by atoms with E-state index in [1.54, 1.807) is 7.11 Å². The second-order valence-electron chi connectivity index (χ2n) is 8.61. The van der Waals surface area contributed by atoms with Crippen LogP contribution in [0.25, 0.3) is 0 Å². The second-order valence-corrected chi connectivity index (χ2v) is 8.61. The number of rotatable bonds is 6. The Hall–Kier alpha value is -2.33. The molecule has 3 fully saturated rings. The van der Waals surface area contributed by atoms with Crippen LogP contribution in [0.2, 0.25) is 0 Å². The number of nitrogens with one attached hydrogen (secondary N) is 1. The number of ether oxygens (including phenoxy) is 2. The number of halogens is 3. The maximum absolute atomic E-state index is 12.2. The van der Waals surface area contributed by atoms with E-state index in [1.165, 1.54) is 5.56 Å². The zero-order chi connectivity index (χ0) is 23.3. The average Bonchev–Trinajstić information content (AvgIpc) is 3.44. The van der Waals surface area contributed by atoms with Gasteiger partial charge in [0.05, 0.1) is 20.3 Å². The third-order valence-electron chi connectivity index (χ3n) is 6.03. The fraction of sp³-hybridized carbons (Fsp3) is 0.636. The summed E-state index contributed by atoms with van der Waals surface area (Å²) in [4.78, 5) is 23.6. The van der Waals surface area contributed by atoms with Gasteiger partial charge in [-0.3, -0.25) is 9.69 Å². The normalized spacial score (nSPS) is 25.3. The number of fused-ring (bicyclic) bond motifs is 1. The number of hydrogen-bond acceptors (Lipinski definition) is 5. The Morgan fingerprint density at radius 3 is 2.41 bits per heavy atom. The summed E-state index contributed by atoms with van der Waals surface area (Å²) >= 11 is 0. The summed E-state index contributed by atoms with van der Waals surface area (Å²) in [6, 6.07) is 8.76. The van der Waals surface area contributed by atoms with Crippen LogP contribution >= 0.6 is 0 Å². The Morgan fingerprint density at radius 1 is 1.19 bits per heavy atom. The van der Waals surface area contributed by atoms with Crippen molar-refractivity contribution in [2.24, 2.45) is 17.8 Å². The van der Waals surface area contributed by atoms with Crippen molar-refractivity contribution in [2.75, 3.05) is 33.4 Å². The number of hydrogen-bond donors (Lipinski definition) is 2. The number of likely N-dealkylation sites (tertiary alicyclic amines) is 1. The third kappa shape index (κ3) is 7.09. The van der Waals surface area contributed by atoms with Crippen LogP contribution in [-0.2, 0) is 20.9 Å². The molecule has 1 aromatic rings. The Bertz CT molecular complexity index is 783. The van der Waals surface area contributed by atoms with Crippen molar-refractivity contribution in [1.29, 1.82) is 0 Å². The Kier molecular flexibility index (Phi) is 8.00. The quantitative estimate of drug-likeness (QED) is 0.682. The zero-order valence-electron chi connectivity index (χ0n) is 17.9. The summed E-state index contributed by atoms with van der Waals surface area (Å²) in [6.45, 7) is 4.66. The van der Waals surface area contributed by atoms with E-state index in [9.17, 15) is 18.0 Å². The first-order chi connectivity index (χ1) is 15.2. The van der Waals surface area contributed by atoms with Crippen molar-refractivity contribution in [3.63, 3.8) is 0 Å². The lowest BCUT2D eigenvalue weighted by atomic mass is 9.81. The average molecular weight is 458 g/mol. The molecule has 4 rings (SSSR count). The van der Waals surface area contributed by atoms with Crippen LogP contribution in [0.1, 0.15) is 24.8 Å². The first-order valence-electron chi connectivity index (χ1n) is 10.7. The van der Waals surface area contributed by atoms with Gasteiger partial charge in [-0.2, -0.15) is 13.2 Å². The van der Waals surface area contributed by atoms with E-state index in [1.807, 2.05) is 12.1 Å². The maximum atomic E-state index is 12.2. The van der Waals surface area contributed by atoms with E-state index in [0.717, 1.165) is 51.4 Å². The van der Waals surface area contributed by atoms with Gasteiger partial charge >= 0.3 is 12.1 Å². The molecule has 2 heterocycles. The molecule has 0 aromatic heterocycles. The molecular weight excluding hydrogens is 429 g/mol. The highest BCUT2D eigenvalue weighted by atomic mass is 19.4. The molecule has 2 aliphatic heterocycles. The van der Waals surface area contributed by atoms with Crippen LogP contribution in [0, 0.1) is 17.8 Å². The molecule has 10 heteroatoms. The minimum atomic E-state index is -5.08. The van der Waals surface area contributed by atoms with Crippen molar-refractivity contribution in [3.05, 3.63) is 29.8 Å². The molecule has 1 aromatic carbocycles. The number of benzene rings is 1. The van der Waals surface area contributed by atoms with Gasteiger partial charge in [0.15, 0.2) is 0 Å². The van der Waals surface area contributed by atoms with Gasteiger partial charge in [-0.25, -0.2) is 4.79 Å². The molecule has 178 valence electrons. The molecule has 0 bridgehead atoms. The topological polar surface area (TPSA) is 88.1 Å². The molecule has 1 aliphatic carbocycles. The largest absolute Gasteiger partial charge is 0.497 e. The van der Waals surface area contributed by atoms with Crippen molar-refractivity contribution in [3.8, 4) is 5.75 Å². The number of amides is 1. The molecule has 1 saturated carbocycles. The summed E-state index contributed by atoms with van der Waals surface area (Å²) in [5.41, 5.74) is 1.31. The number of carbonyl (C=O) groups excluding carboxylic acids is 1. The van der Waals surface area contributed by atoms with Gasteiger partial charge in [-0.1, -0.05) is 12.1 Å². The van der Waals surface area contributed by atoms with Crippen LogP contribution < -0.4 is 10.1 Å². The van der Waals surface area contributed by atoms with Gasteiger partial charge in [0.1, 0.15) is 5.75 Å². The SMILES string of the molecule is COc1ccc(CN2C[C@@H]3COC[C@@H](CC(=O)NC4CC4)[C@@H]3C2)cc1.O=C(O)C(F)(F)F. The zero-order valence-corrected chi connectivity index (χ0v) is 17.9. The van der Waals surface area contributed by atoms with Gasteiger partial charge in [0.25, 0.3) is 0 Å². The molecule has 7 nitrogen and oxygen atoms in total. The van der Waals surface area contributed by atoms with Gasteiger partial charge in [-0.15, -0.1) is 0 Å². The number of methoxy groups -OCH3 is 1. The van der Waals surface area contributed by atoms with E-state index in [4.69, 9.17) is 19.4 Å². The second kappa shape index (κ2) is 10.5. The molecule has 0 radical (unpaired) electrons. The standard InChI is InChI=1S/C20H28N2O3.C2HF3O2/c1-24-18-6-2-14(3-7-18)9-22-10-16-13-25-12-15(19(16)11-22)8-20(23)21-17-4-5-17;3-2(4,5)1(6)7/h2-3,6-7,15-17,19H,4-5,8-13H2,1H3,(H,21,23);(H,6,7)/t15-,16-,19+;/m1./s1. The van der Waals surface area contributed by atoms with Crippen LogP contribution in [0.3, 0.4) is 0 Å². The fourth-order valence-corrected chi connectivity index (χ4v) is 4.27. The van der Waals surface area contributed by atoms with Crippen molar-refractivity contribution >= 4 is 11.9 Å². The number of carboxylic acid groups (broad SMARTS) is 1. The molecular formula is C22H29F3N2O5. The number of aliphatic carboxylic acids is 1. The van der Waals surface area contributed by atoms with Crippen LogP contribution in [0.5, 0.6) is 5.75 Å². The van der Waals surface area contributed by atoms with E-state index < -0.39 is 12.1 Å². The van der Waals surface area contributed by atoms with Crippen LogP contribution in [0.4, 0.5) is 13.2 Å². The summed E-state index contributed by atoms with van der Waals surface area (Å²) < 4.78 is 42.8. The van der Waals surface area contributed by atoms with Crippen molar-refractivity contribution in [2.45, 2.75) is 38.0 Å². The van der Waals surface area contributed by atoms with Gasteiger partial charge in [0.2, 0.25) is 5.91 Å². The monoisotopic (exact) mass is 458 g/mol. The van der Waals surface area contributed by atoms with Gasteiger partial charge in [0, 0.05) is 32.1 Å². The summed E-state index contributed by atoms with van der Waals surface area (Å²) in [5, 5.41) is 10.2. The first-order valence-corrected chi connectivity index (χ1v) is 10.7. The van der Waals surface area contributed by atoms with Crippen molar-refractivity contribution < 1.29 is 37.3 Å². The first kappa shape index (κ1) is 24.3.